The first-order chi connectivity index (χ1) is 16.8. The van der Waals surface area contributed by atoms with Gasteiger partial charge in [0.15, 0.2) is 0 Å². The Morgan fingerprint density at radius 3 is 2.43 bits per heavy atom. The highest BCUT2D eigenvalue weighted by atomic mass is 32.2. The van der Waals surface area contributed by atoms with Crippen molar-refractivity contribution in [1.29, 1.82) is 0 Å². The summed E-state index contributed by atoms with van der Waals surface area (Å²) < 4.78 is 0. The van der Waals surface area contributed by atoms with Crippen molar-refractivity contribution in [2.45, 2.75) is 38.1 Å². The van der Waals surface area contributed by atoms with E-state index in [9.17, 15) is 14.4 Å². The maximum Gasteiger partial charge on any atom is 0.252 e. The van der Waals surface area contributed by atoms with Crippen LogP contribution in [0.3, 0.4) is 0 Å². The minimum atomic E-state index is -1.11. The predicted octanol–water partition coefficient (Wildman–Crippen LogP) is 5.31. The Morgan fingerprint density at radius 1 is 1.03 bits per heavy atom. The predicted molar refractivity (Wildman–Crippen MR) is 142 cm³/mol. The van der Waals surface area contributed by atoms with Crippen LogP contribution in [0.4, 0.5) is 11.4 Å². The van der Waals surface area contributed by atoms with Gasteiger partial charge in [-0.25, -0.2) is 0 Å². The Balaban J connectivity index is 1.53. The van der Waals surface area contributed by atoms with E-state index in [1.165, 1.54) is 0 Å². The minimum absolute atomic E-state index is 0.00252. The zero-order valence-electron chi connectivity index (χ0n) is 20.1. The second-order valence-corrected chi connectivity index (χ2v) is 9.92. The van der Waals surface area contributed by atoms with Gasteiger partial charge in [0.2, 0.25) is 11.8 Å². The van der Waals surface area contributed by atoms with E-state index in [1.54, 1.807) is 41.8 Å². The van der Waals surface area contributed by atoms with Gasteiger partial charge < -0.3 is 10.6 Å². The first-order valence-electron chi connectivity index (χ1n) is 11.6. The second-order valence-electron chi connectivity index (χ2n) is 8.85. The third kappa shape index (κ3) is 5.41. The Bertz CT molecular complexity index is 1230. The molecule has 1 heterocycles. The largest absolute Gasteiger partial charge is 0.338 e. The third-order valence-corrected chi connectivity index (χ3v) is 7.46. The van der Waals surface area contributed by atoms with Gasteiger partial charge in [0, 0.05) is 16.9 Å². The Hall–Kier alpha value is -3.58. The summed E-state index contributed by atoms with van der Waals surface area (Å²) in [4.78, 5) is 40.8. The van der Waals surface area contributed by atoms with Gasteiger partial charge in [0.25, 0.3) is 5.91 Å². The van der Waals surface area contributed by atoms with Crippen LogP contribution >= 0.6 is 11.8 Å². The fourth-order valence-corrected chi connectivity index (χ4v) is 5.08. The molecule has 1 aliphatic heterocycles. The average molecular weight is 488 g/mol. The number of thioether (sulfide) groups is 1. The molecular weight excluding hydrogens is 458 g/mol. The van der Waals surface area contributed by atoms with Crippen molar-refractivity contribution in [3.63, 3.8) is 0 Å². The monoisotopic (exact) mass is 487 g/mol. The average Bonchev–Trinajstić information content (AvgIpc) is 3.27. The molecule has 7 heteroatoms. The van der Waals surface area contributed by atoms with Crippen LogP contribution < -0.4 is 15.5 Å². The quantitative estimate of drug-likeness (QED) is 0.473. The van der Waals surface area contributed by atoms with E-state index in [4.69, 9.17) is 0 Å². The molecule has 0 aliphatic carbocycles. The molecule has 3 amide bonds. The van der Waals surface area contributed by atoms with Crippen LogP contribution in [0.5, 0.6) is 0 Å². The van der Waals surface area contributed by atoms with Crippen molar-refractivity contribution >= 4 is 40.9 Å². The van der Waals surface area contributed by atoms with E-state index in [-0.39, 0.29) is 23.1 Å². The SMILES string of the molecule is CC[C@@](C)(NC(=O)c1cccc(N2C(=O)CS[C@H]2c2ccccc2)c1)C(=O)Nc1ccc(C)cc1. The van der Waals surface area contributed by atoms with E-state index < -0.39 is 5.54 Å². The summed E-state index contributed by atoms with van der Waals surface area (Å²) in [6.07, 6.45) is 0.410. The number of nitrogens with zero attached hydrogens (tertiary/aromatic N) is 1. The molecule has 0 unspecified atom stereocenters. The molecule has 6 nitrogen and oxygen atoms in total. The summed E-state index contributed by atoms with van der Waals surface area (Å²) in [5.74, 6) is -0.282. The van der Waals surface area contributed by atoms with Gasteiger partial charge in [-0.05, 0) is 56.2 Å². The zero-order chi connectivity index (χ0) is 25.0. The maximum atomic E-state index is 13.2. The molecular formula is C28H29N3O3S. The van der Waals surface area contributed by atoms with E-state index in [0.29, 0.717) is 29.1 Å². The highest BCUT2D eigenvalue weighted by Gasteiger charge is 2.36. The van der Waals surface area contributed by atoms with Crippen molar-refractivity contribution in [1.82, 2.24) is 5.32 Å². The lowest BCUT2D eigenvalue weighted by Crippen LogP contribution is -2.54. The summed E-state index contributed by atoms with van der Waals surface area (Å²) in [5.41, 5.74) is 2.74. The number of benzene rings is 3. The summed E-state index contributed by atoms with van der Waals surface area (Å²) >= 11 is 1.56. The minimum Gasteiger partial charge on any atom is -0.338 e. The van der Waals surface area contributed by atoms with Crippen LogP contribution in [0.25, 0.3) is 0 Å². The van der Waals surface area contributed by atoms with Crippen LogP contribution in [-0.2, 0) is 9.59 Å². The molecule has 0 saturated carbocycles. The van der Waals surface area contributed by atoms with E-state index in [0.717, 1.165) is 11.1 Å². The van der Waals surface area contributed by atoms with Gasteiger partial charge in [0.1, 0.15) is 10.9 Å². The van der Waals surface area contributed by atoms with Crippen molar-refractivity contribution in [3.05, 3.63) is 95.6 Å². The molecule has 4 rings (SSSR count). The Labute approximate surface area is 210 Å². The topological polar surface area (TPSA) is 78.5 Å². The van der Waals surface area contributed by atoms with Crippen molar-refractivity contribution in [2.75, 3.05) is 16.0 Å². The molecule has 3 aromatic rings. The lowest BCUT2D eigenvalue weighted by atomic mass is 9.96. The van der Waals surface area contributed by atoms with Crippen molar-refractivity contribution < 1.29 is 14.4 Å². The van der Waals surface area contributed by atoms with Crippen LogP contribution in [0.1, 0.15) is 47.1 Å². The van der Waals surface area contributed by atoms with E-state index in [1.807, 2.05) is 74.5 Å². The number of carbonyl (C=O) groups is 3. The molecule has 1 saturated heterocycles. The van der Waals surface area contributed by atoms with Crippen LogP contribution in [0, 0.1) is 6.92 Å². The molecule has 0 spiro atoms. The number of aryl methyl sites for hydroxylation is 1. The summed E-state index contributed by atoms with van der Waals surface area (Å²) in [7, 11) is 0. The van der Waals surface area contributed by atoms with Gasteiger partial charge in [-0.3, -0.25) is 19.3 Å². The summed E-state index contributed by atoms with van der Waals surface area (Å²) in [6, 6.07) is 24.4. The third-order valence-electron chi connectivity index (χ3n) is 6.25. The Morgan fingerprint density at radius 2 is 1.74 bits per heavy atom. The highest BCUT2D eigenvalue weighted by Crippen LogP contribution is 2.41. The number of carbonyl (C=O) groups excluding carboxylic acids is 3. The molecule has 0 bridgehead atoms. The number of amides is 3. The molecule has 0 radical (unpaired) electrons. The molecule has 180 valence electrons. The molecule has 0 aromatic heterocycles. The maximum absolute atomic E-state index is 13.2. The van der Waals surface area contributed by atoms with Crippen LogP contribution in [0.15, 0.2) is 78.9 Å². The summed E-state index contributed by atoms with van der Waals surface area (Å²) in [5, 5.41) is 5.65. The molecule has 1 aliphatic rings. The summed E-state index contributed by atoms with van der Waals surface area (Å²) in [6.45, 7) is 5.55. The van der Waals surface area contributed by atoms with Crippen molar-refractivity contribution in [3.8, 4) is 0 Å². The van der Waals surface area contributed by atoms with E-state index >= 15 is 0 Å². The van der Waals surface area contributed by atoms with Crippen molar-refractivity contribution in [2.24, 2.45) is 0 Å². The molecule has 35 heavy (non-hydrogen) atoms. The molecule has 3 aromatic carbocycles. The molecule has 1 fully saturated rings. The molecule has 2 atom stereocenters. The van der Waals surface area contributed by atoms with Gasteiger partial charge in [-0.1, -0.05) is 61.0 Å². The zero-order valence-corrected chi connectivity index (χ0v) is 20.9. The fourth-order valence-electron chi connectivity index (χ4n) is 3.90. The number of hydrogen-bond acceptors (Lipinski definition) is 4. The van der Waals surface area contributed by atoms with Gasteiger partial charge in [0.05, 0.1) is 5.75 Å². The number of rotatable bonds is 7. The van der Waals surface area contributed by atoms with Gasteiger partial charge in [-0.2, -0.15) is 0 Å². The van der Waals surface area contributed by atoms with Gasteiger partial charge in [-0.15, -0.1) is 11.8 Å². The first-order valence-corrected chi connectivity index (χ1v) is 12.6. The Kier molecular flexibility index (Phi) is 7.26. The van der Waals surface area contributed by atoms with Gasteiger partial charge >= 0.3 is 0 Å². The van der Waals surface area contributed by atoms with Crippen LogP contribution in [-0.4, -0.2) is 29.0 Å². The van der Waals surface area contributed by atoms with Crippen LogP contribution in [0.2, 0.25) is 0 Å². The molecule has 2 N–H and O–H groups in total. The number of nitrogens with one attached hydrogen (secondary N) is 2. The lowest BCUT2D eigenvalue weighted by Gasteiger charge is -2.29. The lowest BCUT2D eigenvalue weighted by molar-refractivity contribution is -0.121. The number of hydrogen-bond donors (Lipinski definition) is 2. The second kappa shape index (κ2) is 10.4. The van der Waals surface area contributed by atoms with E-state index in [2.05, 4.69) is 10.6 Å². The highest BCUT2D eigenvalue weighted by molar-refractivity contribution is 8.00. The first kappa shape index (κ1) is 24.5. The normalized spacial score (nSPS) is 17.1. The standard InChI is InChI=1S/C28H29N3O3S/c1-4-28(3,27(34)29-22-15-13-19(2)14-16-22)30-25(33)21-11-8-12-23(17-21)31-24(32)18-35-26(31)20-9-6-5-7-10-20/h5-17,26H,4,18H2,1-3H3,(H,29,34)(H,30,33)/t26-,28+/m0/s1. The smallest absolute Gasteiger partial charge is 0.252 e. The number of anilines is 2. The fraction of sp³-hybridized carbons (Fsp3) is 0.250.